The number of hydrogen-bond donors (Lipinski definition) is 2. The van der Waals surface area contributed by atoms with E-state index in [1.165, 1.54) is 24.1 Å². The van der Waals surface area contributed by atoms with Crippen LogP contribution in [-0.4, -0.2) is 23.2 Å². The standard InChI is InChI=1S/C18H16N2O3/c1-12(11-19)18(23)20(2)15-8-14(9-16(21)10-15)17(22)13-6-4-3-5-7-13/h3-10,17,21-22H,1H2,2H3. The van der Waals surface area contributed by atoms with Gasteiger partial charge in [0.05, 0.1) is 0 Å². The minimum absolute atomic E-state index is 0.0882. The zero-order chi connectivity index (χ0) is 17.0. The summed E-state index contributed by atoms with van der Waals surface area (Å²) >= 11 is 0. The number of nitrogens with zero attached hydrogens (tertiary/aromatic N) is 2. The van der Waals surface area contributed by atoms with Crippen molar-refractivity contribution in [2.75, 3.05) is 11.9 Å². The van der Waals surface area contributed by atoms with E-state index in [1.54, 1.807) is 36.4 Å². The van der Waals surface area contributed by atoms with Crippen LogP contribution in [0.2, 0.25) is 0 Å². The third kappa shape index (κ3) is 3.57. The van der Waals surface area contributed by atoms with Gasteiger partial charge in [0.2, 0.25) is 0 Å². The average molecular weight is 308 g/mol. The van der Waals surface area contributed by atoms with Gasteiger partial charge in [-0.3, -0.25) is 4.79 Å². The van der Waals surface area contributed by atoms with Gasteiger partial charge in [-0.05, 0) is 23.3 Å². The van der Waals surface area contributed by atoms with E-state index in [2.05, 4.69) is 6.58 Å². The molecule has 23 heavy (non-hydrogen) atoms. The van der Waals surface area contributed by atoms with E-state index in [1.807, 2.05) is 6.07 Å². The van der Waals surface area contributed by atoms with Gasteiger partial charge in [-0.2, -0.15) is 5.26 Å². The minimum atomic E-state index is -0.940. The number of phenols is 1. The molecule has 5 heteroatoms. The summed E-state index contributed by atoms with van der Waals surface area (Å²) in [5, 5.41) is 29.1. The van der Waals surface area contributed by atoms with Crippen LogP contribution in [0.25, 0.3) is 0 Å². The van der Waals surface area contributed by atoms with E-state index in [9.17, 15) is 15.0 Å². The molecule has 116 valence electrons. The lowest BCUT2D eigenvalue weighted by Gasteiger charge is -2.19. The van der Waals surface area contributed by atoms with Crippen molar-refractivity contribution in [1.29, 1.82) is 5.26 Å². The van der Waals surface area contributed by atoms with Gasteiger partial charge in [-0.15, -0.1) is 0 Å². The maximum Gasteiger partial charge on any atom is 0.268 e. The lowest BCUT2D eigenvalue weighted by atomic mass is 10.0. The van der Waals surface area contributed by atoms with Gasteiger partial charge in [-0.25, -0.2) is 0 Å². The van der Waals surface area contributed by atoms with Crippen molar-refractivity contribution >= 4 is 11.6 Å². The number of aliphatic hydroxyl groups excluding tert-OH is 1. The molecule has 0 aliphatic carbocycles. The number of aliphatic hydroxyl groups is 1. The van der Waals surface area contributed by atoms with Crippen molar-refractivity contribution in [3.8, 4) is 11.8 Å². The Kier molecular flexibility index (Phi) is 4.79. The second kappa shape index (κ2) is 6.77. The molecular weight excluding hydrogens is 292 g/mol. The maximum absolute atomic E-state index is 12.0. The number of carbonyl (C=O) groups is 1. The molecule has 5 nitrogen and oxygen atoms in total. The highest BCUT2D eigenvalue weighted by Gasteiger charge is 2.18. The Bertz CT molecular complexity index is 779. The van der Waals surface area contributed by atoms with Crippen LogP contribution in [-0.2, 0) is 4.79 Å². The van der Waals surface area contributed by atoms with Crippen molar-refractivity contribution < 1.29 is 15.0 Å². The van der Waals surface area contributed by atoms with Crippen LogP contribution in [0.1, 0.15) is 17.2 Å². The molecule has 0 saturated carbocycles. The maximum atomic E-state index is 12.0. The second-order valence-corrected chi connectivity index (χ2v) is 5.05. The molecule has 2 rings (SSSR count). The molecule has 0 heterocycles. The topological polar surface area (TPSA) is 84.6 Å². The average Bonchev–Trinajstić information content (AvgIpc) is 2.59. The van der Waals surface area contributed by atoms with Crippen LogP contribution in [0.5, 0.6) is 5.75 Å². The molecule has 0 radical (unpaired) electrons. The van der Waals surface area contributed by atoms with E-state index in [4.69, 9.17) is 5.26 Å². The van der Waals surface area contributed by atoms with Gasteiger partial charge in [0.25, 0.3) is 5.91 Å². The molecule has 2 N–H and O–H groups in total. The van der Waals surface area contributed by atoms with Crippen LogP contribution in [0.15, 0.2) is 60.7 Å². The number of anilines is 1. The zero-order valence-corrected chi connectivity index (χ0v) is 12.6. The number of phenolic OH excluding ortho intramolecular Hbond substituents is 1. The van der Waals surface area contributed by atoms with Crippen LogP contribution in [0.3, 0.4) is 0 Å². The summed E-state index contributed by atoms with van der Waals surface area (Å²) < 4.78 is 0. The summed E-state index contributed by atoms with van der Waals surface area (Å²) in [6.45, 7) is 3.38. The summed E-state index contributed by atoms with van der Waals surface area (Å²) in [5.41, 5.74) is 1.25. The third-order valence-corrected chi connectivity index (χ3v) is 3.44. The van der Waals surface area contributed by atoms with E-state index < -0.39 is 12.0 Å². The van der Waals surface area contributed by atoms with Gasteiger partial charge in [0.1, 0.15) is 23.5 Å². The van der Waals surface area contributed by atoms with Gasteiger partial charge in [0.15, 0.2) is 0 Å². The molecule has 2 aromatic carbocycles. The molecule has 0 aliphatic heterocycles. The number of likely N-dealkylation sites (N-methyl/N-ethyl adjacent to an activating group) is 1. The SMILES string of the molecule is C=C(C#N)C(=O)N(C)c1cc(O)cc(C(O)c2ccccc2)c1. The molecule has 1 unspecified atom stereocenters. The summed E-state index contributed by atoms with van der Waals surface area (Å²) in [6.07, 6.45) is -0.940. The quantitative estimate of drug-likeness (QED) is 0.671. The van der Waals surface area contributed by atoms with Crippen LogP contribution in [0, 0.1) is 11.3 Å². The van der Waals surface area contributed by atoms with Crippen molar-refractivity contribution in [2.45, 2.75) is 6.10 Å². The predicted molar refractivity (Wildman–Crippen MR) is 86.8 cm³/mol. The molecule has 1 atom stereocenters. The first-order chi connectivity index (χ1) is 10.9. The Balaban J connectivity index is 2.38. The number of benzene rings is 2. The Morgan fingerprint density at radius 3 is 2.48 bits per heavy atom. The number of aromatic hydroxyl groups is 1. The third-order valence-electron chi connectivity index (χ3n) is 3.44. The fraction of sp³-hybridized carbons (Fsp3) is 0.111. The summed E-state index contributed by atoms with van der Waals surface area (Å²) in [5.74, 6) is -0.659. The molecule has 1 amide bonds. The molecule has 0 aliphatic rings. The Morgan fingerprint density at radius 1 is 1.22 bits per heavy atom. The largest absolute Gasteiger partial charge is 0.508 e. The Labute approximate surface area is 134 Å². The summed E-state index contributed by atoms with van der Waals surface area (Å²) in [6, 6.07) is 15.1. The van der Waals surface area contributed by atoms with E-state index in [0.717, 1.165) is 0 Å². The summed E-state index contributed by atoms with van der Waals surface area (Å²) in [7, 11) is 1.47. The number of hydrogen-bond acceptors (Lipinski definition) is 4. The second-order valence-electron chi connectivity index (χ2n) is 5.05. The van der Waals surface area contributed by atoms with Crippen molar-refractivity contribution in [3.63, 3.8) is 0 Å². The van der Waals surface area contributed by atoms with Crippen LogP contribution in [0.4, 0.5) is 5.69 Å². The van der Waals surface area contributed by atoms with Crippen LogP contribution >= 0.6 is 0 Å². The molecule has 0 bridgehead atoms. The number of amides is 1. The van der Waals surface area contributed by atoms with Gasteiger partial charge < -0.3 is 15.1 Å². The zero-order valence-electron chi connectivity index (χ0n) is 12.6. The van der Waals surface area contributed by atoms with E-state index in [-0.39, 0.29) is 11.3 Å². The van der Waals surface area contributed by atoms with Crippen molar-refractivity contribution in [2.24, 2.45) is 0 Å². The molecule has 0 aromatic heterocycles. The Hall–Kier alpha value is -3.10. The first-order valence-electron chi connectivity index (χ1n) is 6.88. The minimum Gasteiger partial charge on any atom is -0.508 e. The van der Waals surface area contributed by atoms with Gasteiger partial charge >= 0.3 is 0 Å². The predicted octanol–water partition coefficient (Wildman–Crippen LogP) is 2.52. The van der Waals surface area contributed by atoms with Crippen LogP contribution < -0.4 is 4.90 Å². The lowest BCUT2D eigenvalue weighted by Crippen LogP contribution is -2.27. The fourth-order valence-corrected chi connectivity index (χ4v) is 2.16. The highest BCUT2D eigenvalue weighted by molar-refractivity contribution is 6.07. The van der Waals surface area contributed by atoms with Crippen molar-refractivity contribution in [3.05, 3.63) is 71.8 Å². The molecule has 0 fully saturated rings. The highest BCUT2D eigenvalue weighted by atomic mass is 16.3. The molecule has 2 aromatic rings. The smallest absolute Gasteiger partial charge is 0.268 e. The normalized spacial score (nSPS) is 11.3. The van der Waals surface area contributed by atoms with E-state index in [0.29, 0.717) is 16.8 Å². The Morgan fingerprint density at radius 2 is 1.87 bits per heavy atom. The number of carbonyl (C=O) groups excluding carboxylic acids is 1. The summed E-state index contributed by atoms with van der Waals surface area (Å²) in [4.78, 5) is 13.2. The number of nitriles is 1. The first-order valence-corrected chi connectivity index (χ1v) is 6.88. The molecule has 0 spiro atoms. The van der Waals surface area contributed by atoms with Gasteiger partial charge in [0, 0.05) is 18.8 Å². The number of rotatable bonds is 4. The monoisotopic (exact) mass is 308 g/mol. The molecule has 0 saturated heterocycles. The van der Waals surface area contributed by atoms with Gasteiger partial charge in [-0.1, -0.05) is 36.9 Å². The van der Waals surface area contributed by atoms with E-state index >= 15 is 0 Å². The highest BCUT2D eigenvalue weighted by Crippen LogP contribution is 2.30. The molecular formula is C18H16N2O3. The lowest BCUT2D eigenvalue weighted by molar-refractivity contribution is -0.114. The van der Waals surface area contributed by atoms with Crippen molar-refractivity contribution in [1.82, 2.24) is 0 Å². The fourth-order valence-electron chi connectivity index (χ4n) is 2.16. The first kappa shape index (κ1) is 16.3.